The molecule has 7 heteroatoms. The van der Waals surface area contributed by atoms with E-state index >= 15 is 4.39 Å². The number of pyridine rings is 1. The Morgan fingerprint density at radius 2 is 1.76 bits per heavy atom. The summed E-state index contributed by atoms with van der Waals surface area (Å²) in [6.07, 6.45) is 1.58. The van der Waals surface area contributed by atoms with Crippen LogP contribution in [0.1, 0.15) is 27.7 Å². The van der Waals surface area contributed by atoms with Crippen LogP contribution in [0.2, 0.25) is 0 Å². The second-order valence-corrected chi connectivity index (χ2v) is 7.33. The summed E-state index contributed by atoms with van der Waals surface area (Å²) in [4.78, 5) is 12.5. The molecule has 0 radical (unpaired) electrons. The van der Waals surface area contributed by atoms with Crippen molar-refractivity contribution < 1.29 is 18.4 Å². The molecular formula is C18H23BFNO4. The molecule has 2 aromatic rings. The van der Waals surface area contributed by atoms with Crippen molar-refractivity contribution in [1.29, 1.82) is 0 Å². The zero-order valence-corrected chi connectivity index (χ0v) is 15.3. The van der Waals surface area contributed by atoms with Crippen LogP contribution in [0.5, 0.6) is 0 Å². The van der Waals surface area contributed by atoms with Crippen molar-refractivity contribution in [1.82, 2.24) is 4.57 Å². The van der Waals surface area contributed by atoms with Gasteiger partial charge in [0.2, 0.25) is 0 Å². The molecule has 0 aliphatic carbocycles. The van der Waals surface area contributed by atoms with Gasteiger partial charge in [0.15, 0.2) is 0 Å². The number of hydrogen-bond acceptors (Lipinski definition) is 4. The summed E-state index contributed by atoms with van der Waals surface area (Å²) in [7, 11) is 0.771. The van der Waals surface area contributed by atoms with E-state index in [1.54, 1.807) is 31.5 Å². The summed E-state index contributed by atoms with van der Waals surface area (Å²) >= 11 is 0. The molecule has 0 bridgehead atoms. The molecule has 134 valence electrons. The van der Waals surface area contributed by atoms with Crippen LogP contribution in [0.15, 0.2) is 29.2 Å². The van der Waals surface area contributed by atoms with Gasteiger partial charge in [0.25, 0.3) is 5.56 Å². The van der Waals surface area contributed by atoms with Gasteiger partial charge in [0, 0.05) is 30.7 Å². The van der Waals surface area contributed by atoms with Gasteiger partial charge in [-0.05, 0) is 39.8 Å². The van der Waals surface area contributed by atoms with Crippen LogP contribution in [-0.4, -0.2) is 36.6 Å². The third-order valence-corrected chi connectivity index (χ3v) is 5.17. The number of hydrogen-bond donors (Lipinski definition) is 0. The van der Waals surface area contributed by atoms with Crippen LogP contribution in [0, 0.1) is 5.82 Å². The van der Waals surface area contributed by atoms with Gasteiger partial charge in [-0.25, -0.2) is 4.39 Å². The fraction of sp³-hybridized carbons (Fsp3) is 0.500. The Hall–Kier alpha value is -1.70. The zero-order valence-electron chi connectivity index (χ0n) is 15.3. The lowest BCUT2D eigenvalue weighted by Crippen LogP contribution is -2.41. The van der Waals surface area contributed by atoms with E-state index in [9.17, 15) is 4.79 Å². The maximum Gasteiger partial charge on any atom is 0.497 e. The van der Waals surface area contributed by atoms with E-state index in [0.29, 0.717) is 24.0 Å². The van der Waals surface area contributed by atoms with Gasteiger partial charge in [-0.2, -0.15) is 0 Å². The molecule has 1 aromatic carbocycles. The maximum atomic E-state index is 15.1. The Bertz CT molecular complexity index is 846. The minimum Gasteiger partial charge on any atom is -0.399 e. The van der Waals surface area contributed by atoms with Crippen LogP contribution in [0.3, 0.4) is 0 Å². The first kappa shape index (κ1) is 18.1. The van der Waals surface area contributed by atoms with Crippen molar-refractivity contribution in [3.63, 3.8) is 0 Å². The smallest absolute Gasteiger partial charge is 0.399 e. The highest BCUT2D eigenvalue weighted by atomic mass is 19.1. The number of halogens is 1. The van der Waals surface area contributed by atoms with Gasteiger partial charge in [0.05, 0.1) is 23.2 Å². The highest BCUT2D eigenvalue weighted by Crippen LogP contribution is 2.36. The third-order valence-electron chi connectivity index (χ3n) is 5.17. The number of nitrogens with zero attached hydrogens (tertiary/aromatic N) is 1. The predicted octanol–water partition coefficient (Wildman–Crippen LogP) is 2.09. The molecule has 2 heterocycles. The van der Waals surface area contributed by atoms with Gasteiger partial charge in [0.1, 0.15) is 5.82 Å². The van der Waals surface area contributed by atoms with Crippen molar-refractivity contribution >= 4 is 23.4 Å². The molecule has 1 fully saturated rings. The molecule has 0 atom stereocenters. The summed E-state index contributed by atoms with van der Waals surface area (Å²) < 4.78 is 33.4. The fourth-order valence-corrected chi connectivity index (χ4v) is 2.86. The Labute approximate surface area is 146 Å². The van der Waals surface area contributed by atoms with Crippen LogP contribution >= 0.6 is 0 Å². The van der Waals surface area contributed by atoms with E-state index in [1.807, 2.05) is 27.7 Å². The third kappa shape index (κ3) is 3.01. The lowest BCUT2D eigenvalue weighted by atomic mass is 9.77. The first-order chi connectivity index (χ1) is 11.7. The van der Waals surface area contributed by atoms with E-state index in [1.165, 1.54) is 4.57 Å². The zero-order chi connectivity index (χ0) is 18.4. The lowest BCUT2D eigenvalue weighted by Gasteiger charge is -2.32. The Kier molecular flexibility index (Phi) is 4.51. The highest BCUT2D eigenvalue weighted by Gasteiger charge is 2.52. The number of ether oxygens (including phenoxy) is 1. The van der Waals surface area contributed by atoms with Crippen LogP contribution in [-0.2, 0) is 20.6 Å². The first-order valence-corrected chi connectivity index (χ1v) is 8.34. The Morgan fingerprint density at radius 3 is 2.36 bits per heavy atom. The van der Waals surface area contributed by atoms with Crippen molar-refractivity contribution in [2.75, 3.05) is 13.7 Å². The largest absolute Gasteiger partial charge is 0.497 e. The van der Waals surface area contributed by atoms with Gasteiger partial charge < -0.3 is 18.6 Å². The topological polar surface area (TPSA) is 49.7 Å². The van der Waals surface area contributed by atoms with E-state index in [4.69, 9.17) is 14.0 Å². The molecule has 1 aromatic heterocycles. The predicted molar refractivity (Wildman–Crippen MR) is 95.8 cm³/mol. The van der Waals surface area contributed by atoms with E-state index < -0.39 is 24.1 Å². The lowest BCUT2D eigenvalue weighted by molar-refractivity contribution is 0.00578. The minimum atomic E-state index is -0.801. The summed E-state index contributed by atoms with van der Waals surface area (Å²) in [5.74, 6) is -0.480. The fourth-order valence-electron chi connectivity index (χ4n) is 2.86. The molecule has 0 spiro atoms. The molecule has 25 heavy (non-hydrogen) atoms. The van der Waals surface area contributed by atoms with Gasteiger partial charge >= 0.3 is 7.12 Å². The molecule has 0 N–H and O–H groups in total. The van der Waals surface area contributed by atoms with Crippen LogP contribution in [0.25, 0.3) is 10.8 Å². The van der Waals surface area contributed by atoms with E-state index in [0.717, 1.165) is 0 Å². The monoisotopic (exact) mass is 347 g/mol. The minimum absolute atomic E-state index is 0.242. The second kappa shape index (κ2) is 6.23. The van der Waals surface area contributed by atoms with Crippen molar-refractivity contribution in [2.45, 2.75) is 45.4 Å². The molecular weight excluding hydrogens is 324 g/mol. The number of benzene rings is 1. The number of aromatic nitrogens is 1. The van der Waals surface area contributed by atoms with Crippen LogP contribution < -0.4 is 11.0 Å². The van der Waals surface area contributed by atoms with Crippen molar-refractivity contribution in [2.24, 2.45) is 0 Å². The normalized spacial score (nSPS) is 18.9. The average molecular weight is 347 g/mol. The SMILES string of the molecule is COCCn1ccc2c(F)c(B3OC(C)(C)C(C)(C)O3)ccc2c1=O. The van der Waals surface area contributed by atoms with E-state index in [-0.39, 0.29) is 10.9 Å². The van der Waals surface area contributed by atoms with Crippen molar-refractivity contribution in [3.05, 3.63) is 40.6 Å². The standard InChI is InChI=1S/C18H23BFNO4/c1-17(2)18(3,4)25-19(24-17)14-7-6-13-12(15(14)20)8-9-21(16(13)22)10-11-23-5/h6-9H,10-11H2,1-5H3. The molecule has 1 saturated heterocycles. The second-order valence-electron chi connectivity index (χ2n) is 7.33. The molecule has 0 saturated carbocycles. The summed E-state index contributed by atoms with van der Waals surface area (Å²) in [5, 5.41) is 0.599. The number of rotatable bonds is 4. The van der Waals surface area contributed by atoms with Gasteiger partial charge in [-0.15, -0.1) is 0 Å². The molecule has 3 rings (SSSR count). The summed E-state index contributed by atoms with van der Waals surface area (Å²) in [6.45, 7) is 8.51. The van der Waals surface area contributed by atoms with Gasteiger partial charge in [-0.1, -0.05) is 6.07 Å². The molecule has 1 aliphatic heterocycles. The Balaban J connectivity index is 2.03. The molecule has 0 amide bonds. The molecule has 5 nitrogen and oxygen atoms in total. The summed E-state index contributed by atoms with van der Waals surface area (Å²) in [5.41, 5.74) is -1.04. The summed E-state index contributed by atoms with van der Waals surface area (Å²) in [6, 6.07) is 4.81. The van der Waals surface area contributed by atoms with E-state index in [2.05, 4.69) is 0 Å². The number of methoxy groups -OCH3 is 1. The average Bonchev–Trinajstić information content (AvgIpc) is 2.75. The number of fused-ring (bicyclic) bond motifs is 1. The van der Waals surface area contributed by atoms with Crippen LogP contribution in [0.4, 0.5) is 4.39 Å². The van der Waals surface area contributed by atoms with Gasteiger partial charge in [-0.3, -0.25) is 4.79 Å². The van der Waals surface area contributed by atoms with Crippen molar-refractivity contribution in [3.8, 4) is 0 Å². The maximum absolute atomic E-state index is 15.1. The quantitative estimate of drug-likeness (QED) is 0.795. The Morgan fingerprint density at radius 1 is 1.12 bits per heavy atom. The molecule has 0 unspecified atom stereocenters. The first-order valence-electron chi connectivity index (χ1n) is 8.34. The highest BCUT2D eigenvalue weighted by molar-refractivity contribution is 6.62. The molecule has 1 aliphatic rings.